The lowest BCUT2D eigenvalue weighted by molar-refractivity contribution is 0.278. The van der Waals surface area contributed by atoms with Crippen LogP contribution in [0.15, 0.2) is 30.6 Å². The van der Waals surface area contributed by atoms with Crippen molar-refractivity contribution in [3.05, 3.63) is 30.6 Å². The quantitative estimate of drug-likeness (QED) is 0.707. The number of nitrogens with one attached hydrogen (secondary N) is 1. The van der Waals surface area contributed by atoms with Gasteiger partial charge in [0, 0.05) is 47.2 Å². The molecule has 0 saturated heterocycles. The maximum Gasteiger partial charge on any atom is 0.0450 e. The van der Waals surface area contributed by atoms with Crippen molar-refractivity contribution < 1.29 is 5.11 Å². The number of hydrogen-bond acceptors (Lipinski definition) is 4. The van der Waals surface area contributed by atoms with Gasteiger partial charge < -0.3 is 16.2 Å². The molecule has 1 aromatic carbocycles. The zero-order valence-electron chi connectivity index (χ0n) is 10.6. The van der Waals surface area contributed by atoms with Gasteiger partial charge in [-0.2, -0.15) is 0 Å². The molecule has 2 aromatic rings. The third kappa shape index (κ3) is 2.54. The van der Waals surface area contributed by atoms with Gasteiger partial charge in [-0.3, -0.25) is 4.98 Å². The molecule has 2 rings (SSSR count). The third-order valence-electron chi connectivity index (χ3n) is 3.18. The van der Waals surface area contributed by atoms with E-state index in [1.165, 1.54) is 0 Å². The fourth-order valence-electron chi connectivity index (χ4n) is 2.09. The zero-order chi connectivity index (χ0) is 13.0. The Hall–Kier alpha value is -1.81. The van der Waals surface area contributed by atoms with Gasteiger partial charge >= 0.3 is 0 Å². The van der Waals surface area contributed by atoms with Crippen LogP contribution in [0.2, 0.25) is 0 Å². The SMILES string of the molecule is CCC(CCO)Nc1ccc(N)c2ccncc12. The van der Waals surface area contributed by atoms with E-state index in [9.17, 15) is 0 Å². The first kappa shape index (κ1) is 12.6. The number of nitrogen functional groups attached to an aromatic ring is 1. The molecule has 18 heavy (non-hydrogen) atoms. The molecule has 1 aromatic heterocycles. The molecule has 96 valence electrons. The van der Waals surface area contributed by atoms with Crippen LogP contribution in [0.4, 0.5) is 11.4 Å². The molecule has 0 radical (unpaired) electrons. The maximum atomic E-state index is 9.03. The minimum Gasteiger partial charge on any atom is -0.398 e. The van der Waals surface area contributed by atoms with E-state index in [0.29, 0.717) is 0 Å². The van der Waals surface area contributed by atoms with Crippen molar-refractivity contribution in [2.75, 3.05) is 17.7 Å². The van der Waals surface area contributed by atoms with Crippen molar-refractivity contribution in [1.29, 1.82) is 0 Å². The summed E-state index contributed by atoms with van der Waals surface area (Å²) in [6.45, 7) is 2.29. The van der Waals surface area contributed by atoms with Crippen molar-refractivity contribution in [1.82, 2.24) is 4.98 Å². The second kappa shape index (κ2) is 5.69. The lowest BCUT2D eigenvalue weighted by Crippen LogP contribution is -2.20. The summed E-state index contributed by atoms with van der Waals surface area (Å²) in [4.78, 5) is 4.15. The van der Waals surface area contributed by atoms with Crippen LogP contribution in [0, 0.1) is 0 Å². The summed E-state index contributed by atoms with van der Waals surface area (Å²) in [5.41, 5.74) is 7.73. The van der Waals surface area contributed by atoms with E-state index in [0.717, 1.165) is 35.0 Å². The minimum atomic E-state index is 0.191. The van der Waals surface area contributed by atoms with Crippen LogP contribution in [0.25, 0.3) is 10.8 Å². The Morgan fingerprint density at radius 1 is 1.33 bits per heavy atom. The number of benzene rings is 1. The number of hydrogen-bond donors (Lipinski definition) is 3. The number of aromatic nitrogens is 1. The number of fused-ring (bicyclic) bond motifs is 1. The Kier molecular flexibility index (Phi) is 3.99. The van der Waals surface area contributed by atoms with Gasteiger partial charge in [-0.1, -0.05) is 6.92 Å². The molecule has 0 aliphatic carbocycles. The number of rotatable bonds is 5. The van der Waals surface area contributed by atoms with Gasteiger partial charge in [0.05, 0.1) is 0 Å². The van der Waals surface area contributed by atoms with Gasteiger partial charge in [0.25, 0.3) is 0 Å². The number of pyridine rings is 1. The topological polar surface area (TPSA) is 71.2 Å². The smallest absolute Gasteiger partial charge is 0.0450 e. The van der Waals surface area contributed by atoms with Crippen LogP contribution in [-0.4, -0.2) is 22.7 Å². The molecular weight excluding hydrogens is 226 g/mol. The largest absolute Gasteiger partial charge is 0.398 e. The molecule has 0 spiro atoms. The first-order valence-corrected chi connectivity index (χ1v) is 6.25. The lowest BCUT2D eigenvalue weighted by atomic mass is 10.1. The molecule has 0 amide bonds. The molecule has 1 unspecified atom stereocenters. The summed E-state index contributed by atoms with van der Waals surface area (Å²) >= 11 is 0. The van der Waals surface area contributed by atoms with E-state index < -0.39 is 0 Å². The zero-order valence-corrected chi connectivity index (χ0v) is 10.6. The molecular formula is C14H19N3O. The second-order valence-corrected chi connectivity index (χ2v) is 4.39. The fraction of sp³-hybridized carbons (Fsp3) is 0.357. The second-order valence-electron chi connectivity index (χ2n) is 4.39. The van der Waals surface area contributed by atoms with Crippen molar-refractivity contribution in [2.24, 2.45) is 0 Å². The minimum absolute atomic E-state index is 0.191. The Morgan fingerprint density at radius 3 is 2.89 bits per heavy atom. The average Bonchev–Trinajstić information content (AvgIpc) is 2.41. The first-order chi connectivity index (χ1) is 8.76. The highest BCUT2D eigenvalue weighted by atomic mass is 16.3. The van der Waals surface area contributed by atoms with E-state index in [1.54, 1.807) is 6.20 Å². The molecule has 1 atom stereocenters. The van der Waals surface area contributed by atoms with Crippen molar-refractivity contribution in [2.45, 2.75) is 25.8 Å². The van der Waals surface area contributed by atoms with E-state index >= 15 is 0 Å². The molecule has 4 heteroatoms. The summed E-state index contributed by atoms with van der Waals surface area (Å²) < 4.78 is 0. The lowest BCUT2D eigenvalue weighted by Gasteiger charge is -2.19. The standard InChI is InChI=1S/C14H19N3O/c1-2-10(6-8-18)17-14-4-3-13(15)11-5-7-16-9-12(11)14/h3-5,7,9-10,17-18H,2,6,8,15H2,1H3. The number of nitrogens with two attached hydrogens (primary N) is 1. The molecule has 4 N–H and O–H groups in total. The molecule has 1 heterocycles. The fourth-order valence-corrected chi connectivity index (χ4v) is 2.09. The van der Waals surface area contributed by atoms with Gasteiger partial charge in [-0.15, -0.1) is 0 Å². The average molecular weight is 245 g/mol. The van der Waals surface area contributed by atoms with E-state index in [1.807, 2.05) is 24.4 Å². The monoisotopic (exact) mass is 245 g/mol. The van der Waals surface area contributed by atoms with E-state index in [-0.39, 0.29) is 12.6 Å². The Morgan fingerprint density at radius 2 is 2.17 bits per heavy atom. The first-order valence-electron chi connectivity index (χ1n) is 6.25. The number of anilines is 2. The highest BCUT2D eigenvalue weighted by Crippen LogP contribution is 2.28. The van der Waals surface area contributed by atoms with Gasteiger partial charge in [0.15, 0.2) is 0 Å². The summed E-state index contributed by atoms with van der Waals surface area (Å²) in [5.74, 6) is 0. The highest BCUT2D eigenvalue weighted by Gasteiger charge is 2.09. The predicted molar refractivity (Wildman–Crippen MR) is 75.6 cm³/mol. The summed E-state index contributed by atoms with van der Waals surface area (Å²) in [6.07, 6.45) is 5.27. The molecule has 4 nitrogen and oxygen atoms in total. The van der Waals surface area contributed by atoms with Crippen LogP contribution in [-0.2, 0) is 0 Å². The summed E-state index contributed by atoms with van der Waals surface area (Å²) in [6, 6.07) is 6.06. The molecule has 0 bridgehead atoms. The Balaban J connectivity index is 2.36. The van der Waals surface area contributed by atoms with Gasteiger partial charge in [0.1, 0.15) is 0 Å². The third-order valence-corrected chi connectivity index (χ3v) is 3.18. The van der Waals surface area contributed by atoms with Gasteiger partial charge in [-0.05, 0) is 31.0 Å². The van der Waals surface area contributed by atoms with E-state index in [2.05, 4.69) is 17.2 Å². The van der Waals surface area contributed by atoms with Gasteiger partial charge in [0.2, 0.25) is 0 Å². The van der Waals surface area contributed by atoms with Crippen LogP contribution < -0.4 is 11.1 Å². The number of aliphatic hydroxyl groups is 1. The van der Waals surface area contributed by atoms with E-state index in [4.69, 9.17) is 10.8 Å². The van der Waals surface area contributed by atoms with Crippen LogP contribution in [0.3, 0.4) is 0 Å². The Labute approximate surface area is 107 Å². The Bertz CT molecular complexity index is 527. The van der Waals surface area contributed by atoms with Crippen molar-refractivity contribution in [3.8, 4) is 0 Å². The van der Waals surface area contributed by atoms with Crippen molar-refractivity contribution in [3.63, 3.8) is 0 Å². The van der Waals surface area contributed by atoms with Gasteiger partial charge in [-0.25, -0.2) is 0 Å². The molecule has 0 aliphatic rings. The summed E-state index contributed by atoms with van der Waals surface area (Å²) in [7, 11) is 0. The highest BCUT2D eigenvalue weighted by molar-refractivity contribution is 6.00. The maximum absolute atomic E-state index is 9.03. The van der Waals surface area contributed by atoms with Crippen molar-refractivity contribution >= 4 is 22.1 Å². The van der Waals surface area contributed by atoms with Crippen LogP contribution in [0.5, 0.6) is 0 Å². The molecule has 0 aliphatic heterocycles. The number of nitrogens with zero attached hydrogens (tertiary/aromatic N) is 1. The van der Waals surface area contributed by atoms with Crippen LogP contribution in [0.1, 0.15) is 19.8 Å². The number of aliphatic hydroxyl groups excluding tert-OH is 1. The predicted octanol–water partition coefficient (Wildman–Crippen LogP) is 2.39. The van der Waals surface area contributed by atoms with Crippen LogP contribution >= 0.6 is 0 Å². The molecule has 0 saturated carbocycles. The molecule has 0 fully saturated rings. The summed E-state index contributed by atoms with van der Waals surface area (Å²) in [5, 5.41) is 14.5. The normalized spacial score (nSPS) is 12.6.